The third-order valence-electron chi connectivity index (χ3n) is 2.48. The molecule has 3 nitrogen and oxygen atoms in total. The van der Waals surface area contributed by atoms with Gasteiger partial charge in [0.2, 0.25) is 0 Å². The van der Waals surface area contributed by atoms with Gasteiger partial charge in [-0.05, 0) is 32.0 Å². The average Bonchev–Trinajstić information content (AvgIpc) is 2.29. The monoisotopic (exact) mass is 247 g/mol. The lowest BCUT2D eigenvalue weighted by atomic mass is 10.1. The first-order valence-corrected chi connectivity index (χ1v) is 5.81. The molecule has 0 aliphatic heterocycles. The normalized spacial score (nSPS) is 9.76. The van der Waals surface area contributed by atoms with Crippen molar-refractivity contribution in [1.29, 1.82) is 10.5 Å². The van der Waals surface area contributed by atoms with Crippen LogP contribution in [0.1, 0.15) is 25.8 Å². The van der Waals surface area contributed by atoms with Crippen LogP contribution in [0.3, 0.4) is 0 Å². The first-order chi connectivity index (χ1) is 8.10. The second-order valence-electron chi connectivity index (χ2n) is 3.97. The minimum Gasteiger partial charge on any atom is -0.367 e. The maximum absolute atomic E-state index is 9.08. The Morgan fingerprint density at radius 3 is 2.59 bits per heavy atom. The predicted molar refractivity (Wildman–Crippen MR) is 68.9 cm³/mol. The highest BCUT2D eigenvalue weighted by atomic mass is 35.5. The summed E-state index contributed by atoms with van der Waals surface area (Å²) in [5.74, 6) is 0. The largest absolute Gasteiger partial charge is 0.367 e. The van der Waals surface area contributed by atoms with Crippen molar-refractivity contribution in [3.8, 4) is 12.1 Å². The predicted octanol–water partition coefficient (Wildman–Crippen LogP) is 3.34. The average molecular weight is 248 g/mol. The second-order valence-corrected chi connectivity index (χ2v) is 4.40. The zero-order valence-corrected chi connectivity index (χ0v) is 10.7. The summed E-state index contributed by atoms with van der Waals surface area (Å²) in [6.45, 7) is 4.65. The van der Waals surface area contributed by atoms with Gasteiger partial charge in [0.1, 0.15) is 6.07 Å². The molecule has 0 aromatic heterocycles. The SMILES string of the molecule is CC(C)N(CCC#N)c1cc(Cl)ccc1C#N. The Labute approximate surface area is 107 Å². The molecular formula is C13H14ClN3. The summed E-state index contributed by atoms with van der Waals surface area (Å²) in [5, 5.41) is 18.3. The van der Waals surface area contributed by atoms with E-state index in [1.807, 2.05) is 18.7 Å². The van der Waals surface area contributed by atoms with E-state index in [1.54, 1.807) is 18.2 Å². The summed E-state index contributed by atoms with van der Waals surface area (Å²) >= 11 is 5.96. The van der Waals surface area contributed by atoms with Crippen LogP contribution in [0.2, 0.25) is 5.02 Å². The van der Waals surface area contributed by atoms with E-state index in [0.29, 0.717) is 23.6 Å². The maximum Gasteiger partial charge on any atom is 0.101 e. The van der Waals surface area contributed by atoms with Crippen LogP contribution in [0.5, 0.6) is 0 Å². The van der Waals surface area contributed by atoms with Gasteiger partial charge in [-0.25, -0.2) is 0 Å². The molecule has 0 unspecified atom stereocenters. The summed E-state index contributed by atoms with van der Waals surface area (Å²) in [5.41, 5.74) is 1.38. The summed E-state index contributed by atoms with van der Waals surface area (Å²) in [6, 6.07) is 9.67. The Kier molecular flexibility index (Phi) is 4.82. The van der Waals surface area contributed by atoms with Crippen molar-refractivity contribution in [3.05, 3.63) is 28.8 Å². The molecule has 0 saturated carbocycles. The lowest BCUT2D eigenvalue weighted by Gasteiger charge is -2.29. The Balaban J connectivity index is 3.13. The number of rotatable bonds is 4. The zero-order chi connectivity index (χ0) is 12.8. The van der Waals surface area contributed by atoms with Crippen LogP contribution < -0.4 is 4.90 Å². The van der Waals surface area contributed by atoms with Gasteiger partial charge in [-0.1, -0.05) is 11.6 Å². The number of nitriles is 2. The molecule has 0 saturated heterocycles. The van der Waals surface area contributed by atoms with E-state index in [0.717, 1.165) is 5.69 Å². The smallest absolute Gasteiger partial charge is 0.101 e. The van der Waals surface area contributed by atoms with Gasteiger partial charge in [-0.2, -0.15) is 10.5 Å². The van der Waals surface area contributed by atoms with Gasteiger partial charge in [-0.3, -0.25) is 0 Å². The lowest BCUT2D eigenvalue weighted by Crippen LogP contribution is -2.32. The molecule has 88 valence electrons. The summed E-state index contributed by atoms with van der Waals surface area (Å²) < 4.78 is 0. The van der Waals surface area contributed by atoms with Gasteiger partial charge in [0.25, 0.3) is 0 Å². The maximum atomic E-state index is 9.08. The number of nitrogens with zero attached hydrogens (tertiary/aromatic N) is 3. The number of anilines is 1. The van der Waals surface area contributed by atoms with Gasteiger partial charge in [-0.15, -0.1) is 0 Å². The van der Waals surface area contributed by atoms with Gasteiger partial charge in [0.15, 0.2) is 0 Å². The Morgan fingerprint density at radius 1 is 1.35 bits per heavy atom. The Bertz CT molecular complexity index is 469. The molecule has 0 aliphatic rings. The minimum atomic E-state index is 0.217. The van der Waals surface area contributed by atoms with Crippen molar-refractivity contribution in [2.24, 2.45) is 0 Å². The van der Waals surface area contributed by atoms with Gasteiger partial charge in [0, 0.05) is 17.6 Å². The van der Waals surface area contributed by atoms with Crippen molar-refractivity contribution in [1.82, 2.24) is 0 Å². The van der Waals surface area contributed by atoms with E-state index in [4.69, 9.17) is 22.1 Å². The van der Waals surface area contributed by atoms with E-state index in [1.165, 1.54) is 0 Å². The molecule has 0 heterocycles. The van der Waals surface area contributed by atoms with E-state index < -0.39 is 0 Å². The van der Waals surface area contributed by atoms with Crippen molar-refractivity contribution >= 4 is 17.3 Å². The van der Waals surface area contributed by atoms with Crippen molar-refractivity contribution < 1.29 is 0 Å². The van der Waals surface area contributed by atoms with Crippen LogP contribution in [-0.2, 0) is 0 Å². The fraction of sp³-hybridized carbons (Fsp3) is 0.385. The molecule has 1 aromatic rings. The number of benzene rings is 1. The van der Waals surface area contributed by atoms with Crippen LogP contribution in [0.4, 0.5) is 5.69 Å². The first-order valence-electron chi connectivity index (χ1n) is 5.43. The Morgan fingerprint density at radius 2 is 2.06 bits per heavy atom. The topological polar surface area (TPSA) is 50.8 Å². The highest BCUT2D eigenvalue weighted by molar-refractivity contribution is 6.30. The van der Waals surface area contributed by atoms with E-state index >= 15 is 0 Å². The molecule has 0 fully saturated rings. The highest BCUT2D eigenvalue weighted by Crippen LogP contribution is 2.26. The molecule has 1 aromatic carbocycles. The number of hydrogen-bond acceptors (Lipinski definition) is 3. The standard InChI is InChI=1S/C13H14ClN3/c1-10(2)17(7-3-6-15)13-8-12(14)5-4-11(13)9-16/h4-5,8,10H,3,7H2,1-2H3. The van der Waals surface area contributed by atoms with Crippen LogP contribution in [0, 0.1) is 22.7 Å². The highest BCUT2D eigenvalue weighted by Gasteiger charge is 2.14. The Hall–Kier alpha value is -1.71. The van der Waals surface area contributed by atoms with Gasteiger partial charge in [0.05, 0.1) is 23.7 Å². The summed E-state index contributed by atoms with van der Waals surface area (Å²) in [6.07, 6.45) is 0.426. The summed E-state index contributed by atoms with van der Waals surface area (Å²) in [7, 11) is 0. The first kappa shape index (κ1) is 13.4. The van der Waals surface area contributed by atoms with Crippen molar-refractivity contribution in [2.45, 2.75) is 26.3 Å². The van der Waals surface area contributed by atoms with E-state index in [2.05, 4.69) is 12.1 Å². The minimum absolute atomic E-state index is 0.217. The molecule has 4 heteroatoms. The van der Waals surface area contributed by atoms with Crippen LogP contribution in [0.25, 0.3) is 0 Å². The van der Waals surface area contributed by atoms with Crippen LogP contribution in [0.15, 0.2) is 18.2 Å². The molecule has 0 N–H and O–H groups in total. The molecule has 17 heavy (non-hydrogen) atoms. The van der Waals surface area contributed by atoms with Gasteiger partial charge < -0.3 is 4.90 Å². The molecule has 0 aliphatic carbocycles. The third kappa shape index (κ3) is 3.37. The molecule has 0 bridgehead atoms. The van der Waals surface area contributed by atoms with Crippen molar-refractivity contribution in [3.63, 3.8) is 0 Å². The number of halogens is 1. The van der Waals surface area contributed by atoms with Gasteiger partial charge >= 0.3 is 0 Å². The van der Waals surface area contributed by atoms with E-state index in [-0.39, 0.29) is 6.04 Å². The fourth-order valence-corrected chi connectivity index (χ4v) is 1.83. The molecule has 0 radical (unpaired) electrons. The lowest BCUT2D eigenvalue weighted by molar-refractivity contribution is 0.686. The van der Waals surface area contributed by atoms with Crippen molar-refractivity contribution in [2.75, 3.05) is 11.4 Å². The second kappa shape index (κ2) is 6.13. The van der Waals surface area contributed by atoms with E-state index in [9.17, 15) is 0 Å². The molecule has 0 atom stereocenters. The third-order valence-corrected chi connectivity index (χ3v) is 2.71. The molecule has 0 spiro atoms. The fourth-order valence-electron chi connectivity index (χ4n) is 1.66. The molecule has 1 rings (SSSR count). The quantitative estimate of drug-likeness (QED) is 0.820. The molecular weight excluding hydrogens is 234 g/mol. The number of hydrogen-bond donors (Lipinski definition) is 0. The van der Waals surface area contributed by atoms with Crippen LogP contribution >= 0.6 is 11.6 Å². The van der Waals surface area contributed by atoms with Crippen LogP contribution in [-0.4, -0.2) is 12.6 Å². The summed E-state index contributed by atoms with van der Waals surface area (Å²) in [4.78, 5) is 2.02. The molecule has 0 amide bonds. The zero-order valence-electron chi connectivity index (χ0n) is 9.94.